The Kier molecular flexibility index (Phi) is 4.05. The van der Waals surface area contributed by atoms with Crippen LogP contribution in [0.1, 0.15) is 27.2 Å². The van der Waals surface area contributed by atoms with Crippen molar-refractivity contribution in [2.45, 2.75) is 32.1 Å². The van der Waals surface area contributed by atoms with Crippen LogP contribution >= 0.6 is 15.9 Å². The molecule has 106 valence electrons. The number of hydrogen-bond donors (Lipinski definition) is 0. The summed E-state index contributed by atoms with van der Waals surface area (Å²) < 4.78 is 27.3. The van der Waals surface area contributed by atoms with Crippen LogP contribution in [0.5, 0.6) is 0 Å². The summed E-state index contributed by atoms with van der Waals surface area (Å²) in [7, 11) is -3.41. The van der Waals surface area contributed by atoms with Gasteiger partial charge >= 0.3 is 0 Å². The molecular weight excluding hydrogens is 328 g/mol. The third-order valence-corrected chi connectivity index (χ3v) is 5.96. The molecule has 1 aliphatic heterocycles. The molecule has 1 aromatic rings. The highest BCUT2D eigenvalue weighted by Gasteiger charge is 2.37. The summed E-state index contributed by atoms with van der Waals surface area (Å²) in [5, 5.41) is 0. The van der Waals surface area contributed by atoms with Crippen LogP contribution in [0.4, 0.5) is 0 Å². The molecule has 0 N–H and O–H groups in total. The van der Waals surface area contributed by atoms with Crippen molar-refractivity contribution in [2.24, 2.45) is 11.3 Å². The summed E-state index contributed by atoms with van der Waals surface area (Å²) in [4.78, 5) is 4.20. The van der Waals surface area contributed by atoms with Crippen LogP contribution in [0, 0.1) is 11.3 Å². The summed E-state index contributed by atoms with van der Waals surface area (Å²) in [5.74, 6) is 0.405. The minimum atomic E-state index is -3.41. The van der Waals surface area contributed by atoms with E-state index in [1.165, 1.54) is 6.20 Å². The Hall–Kier alpha value is -0.460. The normalized spacial score (nSPS) is 21.8. The van der Waals surface area contributed by atoms with Gasteiger partial charge in [-0.2, -0.15) is 4.31 Å². The standard InChI is InChI=1S/C13H19BrN2O2S/c1-13(2,3)10-4-5-16(9-10)19(17,18)12-6-11(14)7-15-8-12/h6-8,10H,4-5,9H2,1-3H3. The van der Waals surface area contributed by atoms with Gasteiger partial charge in [0.2, 0.25) is 10.0 Å². The van der Waals surface area contributed by atoms with E-state index in [-0.39, 0.29) is 10.3 Å². The van der Waals surface area contributed by atoms with E-state index in [1.54, 1.807) is 16.6 Å². The van der Waals surface area contributed by atoms with Crippen molar-refractivity contribution in [3.8, 4) is 0 Å². The van der Waals surface area contributed by atoms with Gasteiger partial charge in [-0.15, -0.1) is 0 Å². The van der Waals surface area contributed by atoms with E-state index in [0.29, 0.717) is 23.5 Å². The van der Waals surface area contributed by atoms with E-state index in [9.17, 15) is 8.42 Å². The van der Waals surface area contributed by atoms with Gasteiger partial charge in [0.15, 0.2) is 0 Å². The zero-order chi connectivity index (χ0) is 14.3. The molecule has 2 rings (SSSR count). The van der Waals surface area contributed by atoms with Crippen LogP contribution in [-0.4, -0.2) is 30.8 Å². The third kappa shape index (κ3) is 3.17. The van der Waals surface area contributed by atoms with Crippen LogP contribution in [-0.2, 0) is 10.0 Å². The Morgan fingerprint density at radius 2 is 2.05 bits per heavy atom. The highest BCUT2D eigenvalue weighted by atomic mass is 79.9. The van der Waals surface area contributed by atoms with Crippen LogP contribution in [0.15, 0.2) is 27.8 Å². The molecule has 2 heterocycles. The number of aromatic nitrogens is 1. The lowest BCUT2D eigenvalue weighted by Crippen LogP contribution is -2.31. The lowest BCUT2D eigenvalue weighted by atomic mass is 9.80. The molecule has 0 saturated carbocycles. The fourth-order valence-electron chi connectivity index (χ4n) is 2.34. The smallest absolute Gasteiger partial charge is 0.244 e. The molecule has 0 aromatic carbocycles. The first-order valence-electron chi connectivity index (χ1n) is 6.32. The maximum absolute atomic E-state index is 12.5. The van der Waals surface area contributed by atoms with Crippen molar-refractivity contribution in [2.75, 3.05) is 13.1 Å². The molecule has 1 saturated heterocycles. The van der Waals surface area contributed by atoms with Crippen LogP contribution in [0.25, 0.3) is 0 Å². The van der Waals surface area contributed by atoms with Crippen LogP contribution in [0.2, 0.25) is 0 Å². The zero-order valence-corrected chi connectivity index (χ0v) is 13.8. The quantitative estimate of drug-likeness (QED) is 0.827. The molecule has 0 aliphatic carbocycles. The van der Waals surface area contributed by atoms with Crippen molar-refractivity contribution >= 4 is 26.0 Å². The Bertz CT molecular complexity index is 566. The minimum Gasteiger partial charge on any atom is -0.262 e. The molecule has 1 fully saturated rings. The van der Waals surface area contributed by atoms with Crippen LogP contribution in [0.3, 0.4) is 0 Å². The van der Waals surface area contributed by atoms with Crippen molar-refractivity contribution in [3.63, 3.8) is 0 Å². The molecule has 1 atom stereocenters. The van der Waals surface area contributed by atoms with Crippen LogP contribution < -0.4 is 0 Å². The van der Waals surface area contributed by atoms with Crippen molar-refractivity contribution in [1.29, 1.82) is 0 Å². The molecular formula is C13H19BrN2O2S. The monoisotopic (exact) mass is 346 g/mol. The molecule has 1 aliphatic rings. The Morgan fingerprint density at radius 3 is 2.58 bits per heavy atom. The predicted octanol–water partition coefficient (Wildman–Crippen LogP) is 2.90. The van der Waals surface area contributed by atoms with Gasteiger partial charge in [0, 0.05) is 30.0 Å². The van der Waals surface area contributed by atoms with Gasteiger partial charge in [-0.1, -0.05) is 20.8 Å². The van der Waals surface area contributed by atoms with E-state index in [1.807, 2.05) is 0 Å². The minimum absolute atomic E-state index is 0.139. The summed E-state index contributed by atoms with van der Waals surface area (Å²) >= 11 is 3.26. The second-order valence-electron chi connectivity index (χ2n) is 6.05. The highest BCUT2D eigenvalue weighted by Crippen LogP contribution is 2.35. The number of sulfonamides is 1. The largest absolute Gasteiger partial charge is 0.262 e. The lowest BCUT2D eigenvalue weighted by Gasteiger charge is -2.26. The zero-order valence-electron chi connectivity index (χ0n) is 11.4. The van der Waals surface area contributed by atoms with Gasteiger partial charge in [0.1, 0.15) is 4.90 Å². The second kappa shape index (κ2) is 5.14. The van der Waals surface area contributed by atoms with E-state index in [2.05, 4.69) is 41.7 Å². The first kappa shape index (κ1) is 14.9. The Morgan fingerprint density at radius 1 is 1.37 bits per heavy atom. The van der Waals surface area contributed by atoms with Crippen molar-refractivity contribution in [3.05, 3.63) is 22.9 Å². The van der Waals surface area contributed by atoms with E-state index >= 15 is 0 Å². The van der Waals surface area contributed by atoms with Gasteiger partial charge in [0.05, 0.1) is 0 Å². The molecule has 19 heavy (non-hydrogen) atoms. The molecule has 4 nitrogen and oxygen atoms in total. The summed E-state index contributed by atoms with van der Waals surface area (Å²) in [6.45, 7) is 7.67. The maximum atomic E-state index is 12.5. The van der Waals surface area contributed by atoms with Gasteiger partial charge in [-0.25, -0.2) is 8.42 Å². The summed E-state index contributed by atoms with van der Waals surface area (Å²) in [6.07, 6.45) is 3.91. The lowest BCUT2D eigenvalue weighted by molar-refractivity contribution is 0.252. The molecule has 1 unspecified atom stereocenters. The first-order valence-corrected chi connectivity index (χ1v) is 8.55. The molecule has 0 radical (unpaired) electrons. The number of pyridine rings is 1. The summed E-state index contributed by atoms with van der Waals surface area (Å²) in [5.41, 5.74) is 0.139. The molecule has 0 amide bonds. The maximum Gasteiger partial charge on any atom is 0.244 e. The van der Waals surface area contributed by atoms with Crippen molar-refractivity contribution < 1.29 is 8.42 Å². The highest BCUT2D eigenvalue weighted by molar-refractivity contribution is 9.10. The van der Waals surface area contributed by atoms with Gasteiger partial charge in [-0.3, -0.25) is 4.98 Å². The van der Waals surface area contributed by atoms with E-state index in [4.69, 9.17) is 0 Å². The number of rotatable bonds is 2. The first-order chi connectivity index (χ1) is 8.71. The fraction of sp³-hybridized carbons (Fsp3) is 0.615. The Labute approximate surface area is 123 Å². The number of hydrogen-bond acceptors (Lipinski definition) is 3. The Balaban J connectivity index is 2.23. The summed E-state index contributed by atoms with van der Waals surface area (Å²) in [6, 6.07) is 1.60. The topological polar surface area (TPSA) is 50.3 Å². The number of nitrogens with zero attached hydrogens (tertiary/aromatic N) is 2. The molecule has 0 bridgehead atoms. The van der Waals surface area contributed by atoms with E-state index in [0.717, 1.165) is 6.42 Å². The average Bonchev–Trinajstić information content (AvgIpc) is 2.78. The predicted molar refractivity (Wildman–Crippen MR) is 78.3 cm³/mol. The van der Waals surface area contributed by atoms with Gasteiger partial charge < -0.3 is 0 Å². The fourth-order valence-corrected chi connectivity index (χ4v) is 4.34. The van der Waals surface area contributed by atoms with Gasteiger partial charge in [-0.05, 0) is 39.8 Å². The number of halogens is 1. The van der Waals surface area contributed by atoms with Gasteiger partial charge in [0.25, 0.3) is 0 Å². The van der Waals surface area contributed by atoms with Crippen molar-refractivity contribution in [1.82, 2.24) is 9.29 Å². The molecule has 0 spiro atoms. The SMILES string of the molecule is CC(C)(C)C1CCN(S(=O)(=O)c2cncc(Br)c2)C1. The van der Waals surface area contributed by atoms with E-state index < -0.39 is 10.0 Å². The average molecular weight is 347 g/mol. The third-order valence-electron chi connectivity index (χ3n) is 3.69. The molecule has 6 heteroatoms. The molecule has 1 aromatic heterocycles. The second-order valence-corrected chi connectivity index (χ2v) is 8.91.